The van der Waals surface area contributed by atoms with E-state index >= 15 is 0 Å². The number of nitrogens with zero attached hydrogens (tertiary/aromatic N) is 3. The lowest BCUT2D eigenvalue weighted by Crippen LogP contribution is -2.39. The van der Waals surface area contributed by atoms with E-state index in [1.807, 2.05) is 59.5 Å². The minimum atomic E-state index is 0.0877. The molecule has 30 heavy (non-hydrogen) atoms. The number of piperidine rings is 1. The topological polar surface area (TPSA) is 46.1 Å². The maximum Gasteiger partial charge on any atom is 0.253 e. The number of aromatic nitrogens is 2. The molecule has 0 saturated carbocycles. The van der Waals surface area contributed by atoms with Crippen molar-refractivity contribution in [1.82, 2.24) is 14.9 Å². The number of fused-ring (bicyclic) bond motifs is 1. The first kappa shape index (κ1) is 18.5. The monoisotopic (exact) mass is 393 g/mol. The van der Waals surface area contributed by atoms with Crippen molar-refractivity contribution in [3.63, 3.8) is 0 Å². The molecule has 1 saturated heterocycles. The SMILES string of the molecule is O=C(c1ccc2ncccc2c1)N1CCC[C@H](c2cccc(-c3ccccc3)n2)C1. The number of likely N-dealkylation sites (tertiary alicyclic amines) is 1. The van der Waals surface area contributed by atoms with Gasteiger partial charge in [-0.05, 0) is 49.2 Å². The van der Waals surface area contributed by atoms with Gasteiger partial charge in [-0.1, -0.05) is 42.5 Å². The second-order valence-corrected chi connectivity index (χ2v) is 7.81. The summed E-state index contributed by atoms with van der Waals surface area (Å²) < 4.78 is 0. The fraction of sp³-hybridized carbons (Fsp3) is 0.192. The van der Waals surface area contributed by atoms with Crippen molar-refractivity contribution in [3.05, 3.63) is 96.3 Å². The predicted molar refractivity (Wildman–Crippen MR) is 119 cm³/mol. The third kappa shape index (κ3) is 3.69. The Morgan fingerprint density at radius 3 is 2.73 bits per heavy atom. The van der Waals surface area contributed by atoms with Gasteiger partial charge < -0.3 is 4.90 Å². The van der Waals surface area contributed by atoms with Crippen molar-refractivity contribution in [1.29, 1.82) is 0 Å². The normalized spacial score (nSPS) is 16.5. The number of hydrogen-bond acceptors (Lipinski definition) is 3. The molecule has 4 nitrogen and oxygen atoms in total. The molecule has 2 aromatic heterocycles. The van der Waals surface area contributed by atoms with E-state index in [4.69, 9.17) is 4.98 Å². The molecule has 3 heterocycles. The number of carbonyl (C=O) groups is 1. The number of carbonyl (C=O) groups excluding carboxylic acids is 1. The van der Waals surface area contributed by atoms with Gasteiger partial charge in [-0.25, -0.2) is 0 Å². The van der Waals surface area contributed by atoms with E-state index in [9.17, 15) is 4.79 Å². The van der Waals surface area contributed by atoms with Gasteiger partial charge >= 0.3 is 0 Å². The van der Waals surface area contributed by atoms with Crippen LogP contribution in [0.25, 0.3) is 22.2 Å². The molecule has 1 atom stereocenters. The third-order valence-corrected chi connectivity index (χ3v) is 5.82. The van der Waals surface area contributed by atoms with Crippen molar-refractivity contribution in [2.24, 2.45) is 0 Å². The summed E-state index contributed by atoms with van der Waals surface area (Å²) in [5.74, 6) is 0.346. The summed E-state index contributed by atoms with van der Waals surface area (Å²) in [6.07, 6.45) is 3.81. The lowest BCUT2D eigenvalue weighted by molar-refractivity contribution is 0.0706. The quantitative estimate of drug-likeness (QED) is 0.473. The van der Waals surface area contributed by atoms with Crippen LogP contribution in [-0.4, -0.2) is 33.9 Å². The maximum atomic E-state index is 13.2. The van der Waals surface area contributed by atoms with Crippen molar-refractivity contribution < 1.29 is 4.79 Å². The van der Waals surface area contributed by atoms with E-state index in [1.54, 1.807) is 6.20 Å². The Labute approximate surface area is 176 Å². The highest BCUT2D eigenvalue weighted by atomic mass is 16.2. The molecule has 0 aliphatic carbocycles. The molecule has 4 heteroatoms. The standard InChI is InChI=1S/C26H23N3O/c30-26(21-13-14-23-20(17-21)9-5-15-27-23)29-16-6-10-22(18-29)25-12-4-11-24(28-25)19-7-2-1-3-8-19/h1-5,7-9,11-15,17,22H,6,10,16,18H2/t22-/m0/s1. The summed E-state index contributed by atoms with van der Waals surface area (Å²) in [6, 6.07) is 26.1. The summed E-state index contributed by atoms with van der Waals surface area (Å²) in [5.41, 5.74) is 4.80. The lowest BCUT2D eigenvalue weighted by Gasteiger charge is -2.32. The number of benzene rings is 2. The van der Waals surface area contributed by atoms with Crippen LogP contribution in [-0.2, 0) is 0 Å². The van der Waals surface area contributed by atoms with E-state index in [-0.39, 0.29) is 11.8 Å². The van der Waals surface area contributed by atoms with Gasteiger partial charge in [-0.2, -0.15) is 0 Å². The van der Waals surface area contributed by atoms with Gasteiger partial charge in [0.15, 0.2) is 0 Å². The first-order chi connectivity index (χ1) is 14.8. The van der Waals surface area contributed by atoms with Gasteiger partial charge in [0.2, 0.25) is 0 Å². The second-order valence-electron chi connectivity index (χ2n) is 7.81. The Morgan fingerprint density at radius 2 is 1.83 bits per heavy atom. The van der Waals surface area contributed by atoms with Crippen LogP contribution < -0.4 is 0 Å². The highest BCUT2D eigenvalue weighted by molar-refractivity contribution is 5.98. The van der Waals surface area contributed by atoms with Crippen molar-refractivity contribution in [2.75, 3.05) is 13.1 Å². The van der Waals surface area contributed by atoms with Crippen LogP contribution in [0.2, 0.25) is 0 Å². The number of amides is 1. The van der Waals surface area contributed by atoms with Gasteiger partial charge in [0.25, 0.3) is 5.91 Å². The largest absolute Gasteiger partial charge is 0.338 e. The zero-order chi connectivity index (χ0) is 20.3. The molecule has 1 fully saturated rings. The third-order valence-electron chi connectivity index (χ3n) is 5.82. The van der Waals surface area contributed by atoms with Crippen LogP contribution in [0.3, 0.4) is 0 Å². The average Bonchev–Trinajstić information content (AvgIpc) is 2.84. The zero-order valence-electron chi connectivity index (χ0n) is 16.7. The Balaban J connectivity index is 1.37. The van der Waals surface area contributed by atoms with Crippen LogP contribution in [0.4, 0.5) is 0 Å². The smallest absolute Gasteiger partial charge is 0.253 e. The molecule has 0 spiro atoms. The number of hydrogen-bond donors (Lipinski definition) is 0. The highest BCUT2D eigenvalue weighted by Gasteiger charge is 2.26. The first-order valence-corrected chi connectivity index (χ1v) is 10.4. The Hall–Kier alpha value is -3.53. The molecule has 1 aliphatic heterocycles. The fourth-order valence-electron chi connectivity index (χ4n) is 4.24. The van der Waals surface area contributed by atoms with Crippen LogP contribution in [0.1, 0.15) is 34.8 Å². The molecular formula is C26H23N3O. The average molecular weight is 393 g/mol. The highest BCUT2D eigenvalue weighted by Crippen LogP contribution is 2.28. The Bertz CT molecular complexity index is 1190. The molecule has 0 bridgehead atoms. The minimum Gasteiger partial charge on any atom is -0.338 e. The molecule has 0 radical (unpaired) electrons. The number of pyridine rings is 2. The number of rotatable bonds is 3. The van der Waals surface area contributed by atoms with Gasteiger partial charge in [-0.15, -0.1) is 0 Å². The van der Waals surface area contributed by atoms with E-state index < -0.39 is 0 Å². The summed E-state index contributed by atoms with van der Waals surface area (Å²) in [4.78, 5) is 24.4. The summed E-state index contributed by atoms with van der Waals surface area (Å²) in [6.45, 7) is 1.49. The second kappa shape index (κ2) is 8.07. The fourth-order valence-corrected chi connectivity index (χ4v) is 4.24. The van der Waals surface area contributed by atoms with Crippen LogP contribution in [0.15, 0.2) is 85.1 Å². The van der Waals surface area contributed by atoms with Crippen LogP contribution >= 0.6 is 0 Å². The Kier molecular flexibility index (Phi) is 4.98. The van der Waals surface area contributed by atoms with Crippen molar-refractivity contribution >= 4 is 16.8 Å². The van der Waals surface area contributed by atoms with Gasteiger partial charge in [-0.3, -0.25) is 14.8 Å². The first-order valence-electron chi connectivity index (χ1n) is 10.4. The van der Waals surface area contributed by atoms with Crippen LogP contribution in [0.5, 0.6) is 0 Å². The van der Waals surface area contributed by atoms with E-state index in [2.05, 4.69) is 29.2 Å². The molecule has 0 unspecified atom stereocenters. The van der Waals surface area contributed by atoms with E-state index in [0.29, 0.717) is 6.54 Å². The summed E-state index contributed by atoms with van der Waals surface area (Å²) >= 11 is 0. The molecule has 0 N–H and O–H groups in total. The van der Waals surface area contributed by atoms with E-state index in [0.717, 1.165) is 52.8 Å². The molecule has 1 amide bonds. The summed E-state index contributed by atoms with van der Waals surface area (Å²) in [7, 11) is 0. The van der Waals surface area contributed by atoms with Crippen molar-refractivity contribution in [3.8, 4) is 11.3 Å². The predicted octanol–water partition coefficient (Wildman–Crippen LogP) is 5.32. The van der Waals surface area contributed by atoms with E-state index in [1.165, 1.54) is 0 Å². The molecule has 4 aromatic rings. The molecule has 2 aromatic carbocycles. The maximum absolute atomic E-state index is 13.2. The molecule has 148 valence electrons. The Morgan fingerprint density at radius 1 is 0.933 bits per heavy atom. The summed E-state index contributed by atoms with van der Waals surface area (Å²) in [5, 5.41) is 0.995. The molecular weight excluding hydrogens is 370 g/mol. The minimum absolute atomic E-state index is 0.0877. The zero-order valence-corrected chi connectivity index (χ0v) is 16.7. The van der Waals surface area contributed by atoms with Crippen LogP contribution in [0, 0.1) is 0 Å². The lowest BCUT2D eigenvalue weighted by atomic mass is 9.93. The van der Waals surface area contributed by atoms with Crippen molar-refractivity contribution in [2.45, 2.75) is 18.8 Å². The molecule has 5 rings (SSSR count). The van der Waals surface area contributed by atoms with Gasteiger partial charge in [0, 0.05) is 47.4 Å². The molecule has 1 aliphatic rings. The van der Waals surface area contributed by atoms with Gasteiger partial charge in [0.1, 0.15) is 0 Å². The van der Waals surface area contributed by atoms with Gasteiger partial charge in [0.05, 0.1) is 11.2 Å².